The molecule has 0 spiro atoms. The molecule has 1 heterocycles. The number of nitrogens with zero attached hydrogens (tertiary/aromatic N) is 2. The van der Waals surface area contributed by atoms with Gasteiger partial charge in [0.15, 0.2) is 0 Å². The van der Waals surface area contributed by atoms with Crippen LogP contribution in [-0.4, -0.2) is 16.0 Å². The summed E-state index contributed by atoms with van der Waals surface area (Å²) in [5.74, 6) is 1.36. The van der Waals surface area contributed by atoms with E-state index in [1.54, 1.807) is 0 Å². The summed E-state index contributed by atoms with van der Waals surface area (Å²) in [6, 6.07) is 18.2. The summed E-state index contributed by atoms with van der Waals surface area (Å²) in [5.41, 5.74) is 3.89. The summed E-state index contributed by atoms with van der Waals surface area (Å²) in [4.78, 5) is 9.31. The second-order valence-corrected chi connectivity index (χ2v) is 6.78. The molecule has 0 unspecified atom stereocenters. The van der Waals surface area contributed by atoms with Crippen molar-refractivity contribution in [2.75, 3.05) is 10.6 Å². The maximum absolute atomic E-state index is 6.12. The molecule has 1 atom stereocenters. The topological polar surface area (TPSA) is 49.8 Å². The zero-order valence-corrected chi connectivity index (χ0v) is 16.0. The van der Waals surface area contributed by atoms with Crippen LogP contribution in [0.2, 0.25) is 5.02 Å². The molecule has 3 rings (SSSR count). The van der Waals surface area contributed by atoms with Crippen LogP contribution in [0.25, 0.3) is 11.3 Å². The van der Waals surface area contributed by atoms with Crippen molar-refractivity contribution in [2.45, 2.75) is 33.2 Å². The molecule has 0 aliphatic heterocycles. The van der Waals surface area contributed by atoms with E-state index in [0.717, 1.165) is 39.8 Å². The Hall–Kier alpha value is -2.59. The van der Waals surface area contributed by atoms with E-state index in [1.165, 1.54) is 0 Å². The van der Waals surface area contributed by atoms with Gasteiger partial charge in [0, 0.05) is 28.4 Å². The highest BCUT2D eigenvalue weighted by Crippen LogP contribution is 2.26. The van der Waals surface area contributed by atoms with E-state index in [4.69, 9.17) is 11.6 Å². The van der Waals surface area contributed by atoms with Gasteiger partial charge in [0.2, 0.25) is 5.95 Å². The molecule has 0 saturated carbocycles. The predicted octanol–water partition coefficient (Wildman–Crippen LogP) is 6.06. The molecular weight excluding hydrogens is 344 g/mol. The average Bonchev–Trinajstić information content (AvgIpc) is 2.65. The zero-order chi connectivity index (χ0) is 18.5. The number of anilines is 3. The second kappa shape index (κ2) is 8.19. The monoisotopic (exact) mass is 366 g/mol. The van der Waals surface area contributed by atoms with Crippen molar-refractivity contribution in [1.82, 2.24) is 9.97 Å². The Bertz CT molecular complexity index is 880. The third kappa shape index (κ3) is 4.52. The molecule has 0 radical (unpaired) electrons. The fourth-order valence-electron chi connectivity index (χ4n) is 2.53. The smallest absolute Gasteiger partial charge is 0.225 e. The van der Waals surface area contributed by atoms with Crippen molar-refractivity contribution < 1.29 is 0 Å². The predicted molar refractivity (Wildman–Crippen MR) is 110 cm³/mol. The Kier molecular flexibility index (Phi) is 5.74. The van der Waals surface area contributed by atoms with Gasteiger partial charge in [-0.2, -0.15) is 4.98 Å². The number of aryl methyl sites for hydroxylation is 1. The fraction of sp³-hybridized carbons (Fsp3) is 0.238. The molecule has 0 saturated heterocycles. The largest absolute Gasteiger partial charge is 0.352 e. The average molecular weight is 367 g/mol. The first-order chi connectivity index (χ1) is 12.5. The third-order valence-corrected chi connectivity index (χ3v) is 4.64. The molecule has 2 N–H and O–H groups in total. The van der Waals surface area contributed by atoms with Gasteiger partial charge in [-0.05, 0) is 44.0 Å². The molecule has 3 aromatic rings. The maximum atomic E-state index is 6.12. The van der Waals surface area contributed by atoms with Gasteiger partial charge in [0.1, 0.15) is 5.82 Å². The van der Waals surface area contributed by atoms with E-state index in [1.807, 2.05) is 61.5 Å². The van der Waals surface area contributed by atoms with Gasteiger partial charge < -0.3 is 10.6 Å². The molecule has 0 bridgehead atoms. The molecule has 5 heteroatoms. The molecule has 4 nitrogen and oxygen atoms in total. The first kappa shape index (κ1) is 18.2. The van der Waals surface area contributed by atoms with Gasteiger partial charge in [-0.1, -0.05) is 48.9 Å². The summed E-state index contributed by atoms with van der Waals surface area (Å²) in [6.45, 7) is 6.24. The number of aromatic nitrogens is 2. The zero-order valence-electron chi connectivity index (χ0n) is 15.3. The third-order valence-electron chi connectivity index (χ3n) is 4.21. The summed E-state index contributed by atoms with van der Waals surface area (Å²) in [5, 5.41) is 7.48. The number of rotatable bonds is 6. The highest BCUT2D eigenvalue weighted by atomic mass is 35.5. The second-order valence-electron chi connectivity index (χ2n) is 6.37. The van der Waals surface area contributed by atoms with E-state index in [9.17, 15) is 0 Å². The Balaban J connectivity index is 1.97. The molecular formula is C21H23ClN4. The lowest BCUT2D eigenvalue weighted by Crippen LogP contribution is -2.16. The Morgan fingerprint density at radius 2 is 1.81 bits per heavy atom. The lowest BCUT2D eigenvalue weighted by molar-refractivity contribution is 0.753. The minimum absolute atomic E-state index is 0.298. The van der Waals surface area contributed by atoms with Gasteiger partial charge in [-0.25, -0.2) is 4.98 Å². The number of hydrogen-bond acceptors (Lipinski definition) is 4. The van der Waals surface area contributed by atoms with Gasteiger partial charge in [-0.15, -0.1) is 0 Å². The maximum Gasteiger partial charge on any atom is 0.225 e. The summed E-state index contributed by atoms with van der Waals surface area (Å²) in [7, 11) is 0. The standard InChI is InChI=1S/C21H23ClN4/c1-4-15(3)23-21-25-19(16-8-6-5-7-9-16)13-20(26-21)24-17-10-11-18(22)14(2)12-17/h5-13,15H,4H2,1-3H3,(H2,23,24,25,26)/t15-/m0/s1. The Morgan fingerprint density at radius 1 is 1.04 bits per heavy atom. The Morgan fingerprint density at radius 3 is 2.50 bits per heavy atom. The number of hydrogen-bond donors (Lipinski definition) is 2. The quantitative estimate of drug-likeness (QED) is 0.556. The molecule has 0 fully saturated rings. The first-order valence-corrected chi connectivity index (χ1v) is 9.17. The lowest BCUT2D eigenvalue weighted by Gasteiger charge is -2.15. The van der Waals surface area contributed by atoms with Crippen LogP contribution in [0.5, 0.6) is 0 Å². The van der Waals surface area contributed by atoms with Gasteiger partial charge in [0.05, 0.1) is 5.69 Å². The van der Waals surface area contributed by atoms with Crippen LogP contribution in [0.1, 0.15) is 25.8 Å². The minimum Gasteiger partial charge on any atom is -0.352 e. The van der Waals surface area contributed by atoms with Crippen molar-refractivity contribution in [3.8, 4) is 11.3 Å². The van der Waals surface area contributed by atoms with Crippen LogP contribution >= 0.6 is 11.6 Å². The van der Waals surface area contributed by atoms with Crippen LogP contribution in [0.3, 0.4) is 0 Å². The van der Waals surface area contributed by atoms with Crippen LogP contribution in [0, 0.1) is 6.92 Å². The number of benzene rings is 2. The van der Waals surface area contributed by atoms with Gasteiger partial charge in [-0.3, -0.25) is 0 Å². The number of halogens is 1. The summed E-state index contributed by atoms with van der Waals surface area (Å²) >= 11 is 6.12. The molecule has 134 valence electrons. The van der Waals surface area contributed by atoms with Crippen LogP contribution in [0.4, 0.5) is 17.5 Å². The fourth-order valence-corrected chi connectivity index (χ4v) is 2.64. The molecule has 0 amide bonds. The SMILES string of the molecule is CC[C@H](C)Nc1nc(Nc2ccc(Cl)c(C)c2)cc(-c2ccccc2)n1. The normalized spacial score (nSPS) is 11.8. The molecule has 2 aromatic carbocycles. The van der Waals surface area contributed by atoms with E-state index in [-0.39, 0.29) is 0 Å². The highest BCUT2D eigenvalue weighted by Gasteiger charge is 2.09. The van der Waals surface area contributed by atoms with E-state index in [0.29, 0.717) is 12.0 Å². The number of nitrogens with one attached hydrogen (secondary N) is 2. The Labute approximate surface area is 159 Å². The minimum atomic E-state index is 0.298. The van der Waals surface area contributed by atoms with Crippen LogP contribution in [0.15, 0.2) is 54.6 Å². The molecule has 0 aliphatic carbocycles. The van der Waals surface area contributed by atoms with E-state index >= 15 is 0 Å². The van der Waals surface area contributed by atoms with Crippen molar-refractivity contribution in [3.05, 3.63) is 65.2 Å². The highest BCUT2D eigenvalue weighted by molar-refractivity contribution is 6.31. The van der Waals surface area contributed by atoms with E-state index < -0.39 is 0 Å². The van der Waals surface area contributed by atoms with Crippen LogP contribution < -0.4 is 10.6 Å². The summed E-state index contributed by atoms with van der Waals surface area (Å²) in [6.07, 6.45) is 0.998. The van der Waals surface area contributed by atoms with Crippen LogP contribution in [-0.2, 0) is 0 Å². The van der Waals surface area contributed by atoms with Crippen molar-refractivity contribution >= 4 is 29.1 Å². The van der Waals surface area contributed by atoms with Crippen molar-refractivity contribution in [1.29, 1.82) is 0 Å². The van der Waals surface area contributed by atoms with Gasteiger partial charge >= 0.3 is 0 Å². The van der Waals surface area contributed by atoms with E-state index in [2.05, 4.69) is 34.4 Å². The van der Waals surface area contributed by atoms with Gasteiger partial charge in [0.25, 0.3) is 0 Å². The van der Waals surface area contributed by atoms with Crippen molar-refractivity contribution in [3.63, 3.8) is 0 Å². The van der Waals surface area contributed by atoms with Crippen molar-refractivity contribution in [2.24, 2.45) is 0 Å². The summed E-state index contributed by atoms with van der Waals surface area (Å²) < 4.78 is 0. The lowest BCUT2D eigenvalue weighted by atomic mass is 10.1. The molecule has 1 aromatic heterocycles. The molecule has 26 heavy (non-hydrogen) atoms. The first-order valence-electron chi connectivity index (χ1n) is 8.79. The molecule has 0 aliphatic rings.